The topological polar surface area (TPSA) is 8.81 Å². The molecule has 0 N–H and O–H groups in total. The Morgan fingerprint density at radius 2 is 0.902 bits per heavy atom. The number of unbranched alkanes of at least 4 members (excludes halogenated alkanes) is 23. The largest absolute Gasteiger partial charge is 0.256 e. The van der Waals surface area contributed by atoms with Crippen LogP contribution in [0, 0.1) is 0 Å². The third-order valence-electron chi connectivity index (χ3n) is 9.04. The highest BCUT2D eigenvalue weighted by Crippen LogP contribution is 2.15. The molecule has 234 valence electrons. The van der Waals surface area contributed by atoms with E-state index < -0.39 is 0 Å². The molecule has 0 spiro atoms. The lowest BCUT2D eigenvalue weighted by molar-refractivity contribution is -0.704. The van der Waals surface area contributed by atoms with Crippen LogP contribution in [0.4, 0.5) is 0 Å². The molecule has 0 saturated heterocycles. The standard InChI is InChI=1S/C39H69N2/c1-3-5-7-9-11-13-14-15-16-17-18-19-20-21-23-25-30-34-40-35-36-41(37-38-31-27-26-28-32-38)39(40)33-29-24-22-12-10-8-6-4-2/h26-28,31-32,35-36H,3-25,29-30,33-34,37H2,1-2H3/q+1. The molecular formula is C39H69N2+. The molecule has 0 amide bonds. The van der Waals surface area contributed by atoms with Gasteiger partial charge >= 0.3 is 0 Å². The van der Waals surface area contributed by atoms with Gasteiger partial charge in [-0.15, -0.1) is 0 Å². The second-order valence-corrected chi connectivity index (χ2v) is 12.9. The second kappa shape index (κ2) is 26.1. The number of hydrogen-bond donors (Lipinski definition) is 0. The van der Waals surface area contributed by atoms with Gasteiger partial charge in [-0.2, -0.15) is 0 Å². The Bertz CT molecular complexity index is 808. The first kappa shape index (κ1) is 35.6. The molecule has 0 unspecified atom stereocenters. The molecule has 0 atom stereocenters. The number of aromatic nitrogens is 2. The Labute approximate surface area is 256 Å². The lowest BCUT2D eigenvalue weighted by Crippen LogP contribution is -2.37. The van der Waals surface area contributed by atoms with Crippen LogP contribution < -0.4 is 4.57 Å². The second-order valence-electron chi connectivity index (χ2n) is 12.9. The Kier molecular flexibility index (Phi) is 22.7. The van der Waals surface area contributed by atoms with Crippen molar-refractivity contribution in [2.24, 2.45) is 0 Å². The summed E-state index contributed by atoms with van der Waals surface area (Å²) in [5, 5.41) is 0. The fourth-order valence-corrected chi connectivity index (χ4v) is 6.34. The molecule has 0 saturated carbocycles. The Morgan fingerprint density at radius 3 is 1.37 bits per heavy atom. The van der Waals surface area contributed by atoms with Gasteiger partial charge in [-0.3, -0.25) is 0 Å². The van der Waals surface area contributed by atoms with Gasteiger partial charge in [-0.05, 0) is 24.8 Å². The Balaban J connectivity index is 1.56. The summed E-state index contributed by atoms with van der Waals surface area (Å²) < 4.78 is 5.10. The molecule has 1 aromatic heterocycles. The highest BCUT2D eigenvalue weighted by Gasteiger charge is 2.17. The maximum absolute atomic E-state index is 2.58. The summed E-state index contributed by atoms with van der Waals surface area (Å²) in [6.07, 6.45) is 41.5. The Hall–Kier alpha value is -1.57. The van der Waals surface area contributed by atoms with Gasteiger partial charge in [0.1, 0.15) is 18.9 Å². The monoisotopic (exact) mass is 566 g/mol. The van der Waals surface area contributed by atoms with Gasteiger partial charge in [0.05, 0.1) is 6.54 Å². The van der Waals surface area contributed by atoms with Crippen LogP contribution >= 0.6 is 0 Å². The van der Waals surface area contributed by atoms with Gasteiger partial charge < -0.3 is 0 Å². The summed E-state index contributed by atoms with van der Waals surface area (Å²) in [6.45, 7) is 6.80. The quantitative estimate of drug-likeness (QED) is 0.0685. The minimum absolute atomic E-state index is 0.999. The van der Waals surface area contributed by atoms with Crippen LogP contribution in [0.2, 0.25) is 0 Å². The number of imidazole rings is 1. The smallest absolute Gasteiger partial charge is 0.234 e. The van der Waals surface area contributed by atoms with E-state index in [1.165, 1.54) is 185 Å². The zero-order valence-electron chi connectivity index (χ0n) is 27.7. The summed E-state index contributed by atoms with van der Waals surface area (Å²) in [4.78, 5) is 0. The summed E-state index contributed by atoms with van der Waals surface area (Å²) in [5.74, 6) is 1.54. The molecule has 0 aliphatic heterocycles. The maximum atomic E-state index is 2.58. The molecule has 0 radical (unpaired) electrons. The van der Waals surface area contributed by atoms with Crippen LogP contribution in [-0.2, 0) is 19.5 Å². The first-order valence-electron chi connectivity index (χ1n) is 18.5. The van der Waals surface area contributed by atoms with E-state index in [1.54, 1.807) is 0 Å². The molecule has 1 heterocycles. The van der Waals surface area contributed by atoms with Gasteiger partial charge in [-0.25, -0.2) is 9.13 Å². The van der Waals surface area contributed by atoms with Crippen molar-refractivity contribution in [2.45, 2.75) is 194 Å². The summed E-state index contributed by atoms with van der Waals surface area (Å²) in [6, 6.07) is 11.0. The predicted molar refractivity (Wildman–Crippen MR) is 181 cm³/mol. The minimum atomic E-state index is 0.999. The Morgan fingerprint density at radius 1 is 0.488 bits per heavy atom. The number of rotatable bonds is 29. The fraction of sp³-hybridized carbons (Fsp3) is 0.769. The van der Waals surface area contributed by atoms with Gasteiger partial charge in [0, 0.05) is 6.42 Å². The first-order chi connectivity index (χ1) is 20.3. The summed E-state index contributed by atoms with van der Waals surface area (Å²) in [7, 11) is 0. The van der Waals surface area contributed by atoms with E-state index in [4.69, 9.17) is 0 Å². The highest BCUT2D eigenvalue weighted by atomic mass is 15.1. The summed E-state index contributed by atoms with van der Waals surface area (Å²) in [5.41, 5.74) is 1.41. The van der Waals surface area contributed by atoms with Crippen LogP contribution in [0.3, 0.4) is 0 Å². The van der Waals surface area contributed by atoms with Gasteiger partial charge in [0.25, 0.3) is 5.82 Å². The van der Waals surface area contributed by atoms with Crippen molar-refractivity contribution in [3.05, 3.63) is 54.1 Å². The fourth-order valence-electron chi connectivity index (χ4n) is 6.34. The normalized spacial score (nSPS) is 11.5. The van der Waals surface area contributed by atoms with Gasteiger partial charge in [0.15, 0.2) is 0 Å². The van der Waals surface area contributed by atoms with Gasteiger partial charge in [-0.1, -0.05) is 185 Å². The maximum Gasteiger partial charge on any atom is 0.256 e. The molecular weight excluding hydrogens is 496 g/mol. The van der Waals surface area contributed by atoms with E-state index in [1.807, 2.05) is 0 Å². The van der Waals surface area contributed by atoms with Gasteiger partial charge in [0.2, 0.25) is 0 Å². The highest BCUT2D eigenvalue weighted by molar-refractivity contribution is 5.15. The van der Waals surface area contributed by atoms with Crippen molar-refractivity contribution < 1.29 is 4.57 Å². The van der Waals surface area contributed by atoms with E-state index >= 15 is 0 Å². The third-order valence-corrected chi connectivity index (χ3v) is 9.04. The lowest BCUT2D eigenvalue weighted by Gasteiger charge is -2.07. The van der Waals surface area contributed by atoms with E-state index in [-0.39, 0.29) is 0 Å². The number of nitrogens with zero attached hydrogens (tertiary/aromatic N) is 2. The number of hydrogen-bond acceptors (Lipinski definition) is 0. The number of benzene rings is 1. The van der Waals surface area contributed by atoms with Crippen molar-refractivity contribution in [1.82, 2.24) is 4.57 Å². The molecule has 0 aliphatic carbocycles. The molecule has 0 fully saturated rings. The van der Waals surface area contributed by atoms with Crippen molar-refractivity contribution in [3.8, 4) is 0 Å². The molecule has 0 bridgehead atoms. The van der Waals surface area contributed by atoms with Crippen molar-refractivity contribution in [2.75, 3.05) is 0 Å². The molecule has 2 nitrogen and oxygen atoms in total. The zero-order chi connectivity index (χ0) is 29.1. The van der Waals surface area contributed by atoms with Crippen LogP contribution in [0.25, 0.3) is 0 Å². The molecule has 1 aromatic carbocycles. The van der Waals surface area contributed by atoms with Crippen molar-refractivity contribution >= 4 is 0 Å². The van der Waals surface area contributed by atoms with Crippen molar-refractivity contribution in [3.63, 3.8) is 0 Å². The molecule has 2 rings (SSSR count). The van der Waals surface area contributed by atoms with E-state index in [9.17, 15) is 0 Å². The van der Waals surface area contributed by atoms with E-state index in [2.05, 4.69) is 65.7 Å². The van der Waals surface area contributed by atoms with Crippen LogP contribution in [0.15, 0.2) is 42.7 Å². The SMILES string of the molecule is CCCCCCCCCCCCCCCCCCC[n+]1ccn(Cc2ccccc2)c1CCCCCCCCCC. The third kappa shape index (κ3) is 18.6. The average molecular weight is 566 g/mol. The molecule has 2 heteroatoms. The van der Waals surface area contributed by atoms with Crippen molar-refractivity contribution in [1.29, 1.82) is 0 Å². The zero-order valence-corrected chi connectivity index (χ0v) is 27.7. The van der Waals surface area contributed by atoms with Crippen LogP contribution in [0.1, 0.15) is 186 Å². The number of aryl methyl sites for hydroxylation is 1. The van der Waals surface area contributed by atoms with Crippen LogP contribution in [0.5, 0.6) is 0 Å². The lowest BCUT2D eigenvalue weighted by atomic mass is 10.0. The summed E-state index contributed by atoms with van der Waals surface area (Å²) >= 11 is 0. The molecule has 2 aromatic rings. The minimum Gasteiger partial charge on any atom is -0.234 e. The first-order valence-corrected chi connectivity index (χ1v) is 18.5. The average Bonchev–Trinajstić information content (AvgIpc) is 3.37. The molecule has 0 aliphatic rings. The molecule has 41 heavy (non-hydrogen) atoms. The van der Waals surface area contributed by atoms with E-state index in [0.29, 0.717) is 0 Å². The predicted octanol–water partition coefficient (Wildman–Crippen LogP) is 12.2. The van der Waals surface area contributed by atoms with E-state index in [0.717, 1.165) is 6.54 Å². The van der Waals surface area contributed by atoms with Crippen LogP contribution in [-0.4, -0.2) is 4.57 Å².